The van der Waals surface area contributed by atoms with Crippen molar-refractivity contribution >= 4 is 28.2 Å². The quantitative estimate of drug-likeness (QED) is 0.212. The summed E-state index contributed by atoms with van der Waals surface area (Å²) in [5.41, 5.74) is 3.06. The van der Waals surface area contributed by atoms with Crippen LogP contribution in [0.25, 0.3) is 15.4 Å². The molecule has 2 aromatic carbocycles. The first-order chi connectivity index (χ1) is 19.7. The molecule has 1 amide bonds. The first kappa shape index (κ1) is 28.7. The van der Waals surface area contributed by atoms with Crippen LogP contribution in [-0.2, 0) is 16.1 Å². The summed E-state index contributed by atoms with van der Waals surface area (Å²) in [4.78, 5) is 30.5. The van der Waals surface area contributed by atoms with E-state index in [0.29, 0.717) is 35.4 Å². The van der Waals surface area contributed by atoms with Crippen LogP contribution >= 0.6 is 11.3 Å². The van der Waals surface area contributed by atoms with Crippen LogP contribution in [0.2, 0.25) is 0 Å². The second-order valence-electron chi connectivity index (χ2n) is 10.1. The zero-order valence-electron chi connectivity index (χ0n) is 22.4. The van der Waals surface area contributed by atoms with E-state index in [1.54, 1.807) is 16.7 Å². The fourth-order valence-corrected chi connectivity index (χ4v) is 6.21. The molecule has 0 saturated heterocycles. The van der Waals surface area contributed by atoms with Crippen molar-refractivity contribution in [2.24, 2.45) is 5.92 Å². The molecule has 11 heteroatoms. The Balaban J connectivity index is 1.16. The highest BCUT2D eigenvalue weighted by molar-refractivity contribution is 7.20. The summed E-state index contributed by atoms with van der Waals surface area (Å²) in [6, 6.07) is 14.0. The van der Waals surface area contributed by atoms with Crippen LogP contribution in [0.1, 0.15) is 66.6 Å². The Labute approximate surface area is 239 Å². The summed E-state index contributed by atoms with van der Waals surface area (Å²) in [5, 5.41) is 2.69. The van der Waals surface area contributed by atoms with Gasteiger partial charge in [-0.1, -0.05) is 47.7 Å². The molecule has 4 aromatic rings. The van der Waals surface area contributed by atoms with E-state index >= 15 is 0 Å². The number of carbonyl (C=O) groups is 2. The second kappa shape index (κ2) is 12.3. The van der Waals surface area contributed by atoms with Gasteiger partial charge in [0, 0.05) is 25.4 Å². The summed E-state index contributed by atoms with van der Waals surface area (Å²) < 4.78 is 48.2. The Morgan fingerprint density at radius 2 is 1.83 bits per heavy atom. The number of ether oxygens (including phenoxy) is 2. The summed E-state index contributed by atoms with van der Waals surface area (Å²) in [5.74, 6) is 0.0305. The first-order valence-electron chi connectivity index (χ1n) is 13.5. The molecule has 5 rings (SSSR count). The number of esters is 1. The Hall–Kier alpha value is -3.86. The number of amides is 1. The first-order valence-corrected chi connectivity index (χ1v) is 14.4. The van der Waals surface area contributed by atoms with Gasteiger partial charge in [0.2, 0.25) is 0 Å². The van der Waals surface area contributed by atoms with Crippen LogP contribution in [0.3, 0.4) is 0 Å². The number of carbonyl (C=O) groups excluding carboxylic acids is 2. The van der Waals surface area contributed by atoms with Crippen LogP contribution < -0.4 is 10.1 Å². The number of aromatic nitrogens is 2. The molecular weight excluding hydrogens is 555 g/mol. The number of hydrogen-bond donors (Lipinski definition) is 1. The molecule has 2 aromatic heterocycles. The zero-order valence-corrected chi connectivity index (χ0v) is 23.3. The number of nitrogens with one attached hydrogen (secondary N) is 1. The summed E-state index contributed by atoms with van der Waals surface area (Å²) in [6.45, 7) is 2.29. The maximum absolute atomic E-state index is 12.6. The Morgan fingerprint density at radius 1 is 1.07 bits per heavy atom. The molecule has 0 radical (unpaired) electrons. The van der Waals surface area contributed by atoms with E-state index in [9.17, 15) is 22.8 Å². The molecule has 0 spiro atoms. The van der Waals surface area contributed by atoms with Gasteiger partial charge < -0.3 is 14.8 Å². The number of halogens is 3. The van der Waals surface area contributed by atoms with Crippen molar-refractivity contribution in [3.63, 3.8) is 0 Å². The van der Waals surface area contributed by atoms with Crippen LogP contribution in [-0.4, -0.2) is 34.2 Å². The third kappa shape index (κ3) is 7.46. The number of thiazole rings is 1. The highest BCUT2D eigenvalue weighted by Gasteiger charge is 2.31. The molecule has 0 unspecified atom stereocenters. The molecule has 0 bridgehead atoms. The average Bonchev–Trinajstić information content (AvgIpc) is 3.52. The predicted molar refractivity (Wildman–Crippen MR) is 149 cm³/mol. The monoisotopic (exact) mass is 585 g/mol. The van der Waals surface area contributed by atoms with Gasteiger partial charge in [-0.25, -0.2) is 4.98 Å². The third-order valence-electron chi connectivity index (χ3n) is 7.25. The van der Waals surface area contributed by atoms with Gasteiger partial charge in [0.25, 0.3) is 5.91 Å². The number of benzene rings is 2. The van der Waals surface area contributed by atoms with Crippen LogP contribution in [0, 0.1) is 5.92 Å². The summed E-state index contributed by atoms with van der Waals surface area (Å²) in [7, 11) is 0. The number of nitrogens with zero attached hydrogens (tertiary/aromatic N) is 2. The molecule has 1 aliphatic rings. The van der Waals surface area contributed by atoms with E-state index in [4.69, 9.17) is 4.74 Å². The SMILES string of the molecule is CCOC(=O)C[C@H]1CC[C@H](c2ccc(-c3cn4cc(C(=O)NCc5cccc(OC(F)(F)F)c5)nc4s3)cc2)CC1. The van der Waals surface area contributed by atoms with Gasteiger partial charge in [-0.3, -0.25) is 14.0 Å². The molecule has 0 atom stereocenters. The van der Waals surface area contributed by atoms with Gasteiger partial charge in [-0.2, -0.15) is 0 Å². The smallest absolute Gasteiger partial charge is 0.466 e. The Morgan fingerprint density at radius 3 is 2.51 bits per heavy atom. The van der Waals surface area contributed by atoms with Crippen molar-refractivity contribution in [2.75, 3.05) is 6.61 Å². The van der Waals surface area contributed by atoms with Crippen molar-refractivity contribution in [2.45, 2.75) is 57.9 Å². The number of imidazole rings is 1. The van der Waals surface area contributed by atoms with Crippen LogP contribution in [0.5, 0.6) is 5.75 Å². The topological polar surface area (TPSA) is 81.9 Å². The molecule has 1 N–H and O–H groups in total. The predicted octanol–water partition coefficient (Wildman–Crippen LogP) is 7.12. The van der Waals surface area contributed by atoms with Crippen molar-refractivity contribution in [3.05, 3.63) is 77.7 Å². The van der Waals surface area contributed by atoms with E-state index < -0.39 is 12.3 Å². The number of alkyl halides is 3. The fourth-order valence-electron chi connectivity index (χ4n) is 5.24. The number of hydrogen-bond acceptors (Lipinski definition) is 6. The lowest BCUT2D eigenvalue weighted by Crippen LogP contribution is -2.23. The number of fused-ring (bicyclic) bond motifs is 1. The molecule has 0 aliphatic heterocycles. The van der Waals surface area contributed by atoms with E-state index in [1.165, 1.54) is 35.1 Å². The van der Waals surface area contributed by atoms with Gasteiger partial charge in [0.05, 0.1) is 11.5 Å². The maximum Gasteiger partial charge on any atom is 0.573 e. The zero-order chi connectivity index (χ0) is 29.0. The van der Waals surface area contributed by atoms with Crippen molar-refractivity contribution in [3.8, 4) is 16.2 Å². The number of rotatable bonds is 9. The van der Waals surface area contributed by atoms with Crippen molar-refractivity contribution < 1.29 is 32.2 Å². The molecule has 216 valence electrons. The normalized spacial score (nSPS) is 17.4. The van der Waals surface area contributed by atoms with E-state index in [1.807, 2.05) is 13.1 Å². The Kier molecular flexibility index (Phi) is 8.63. The highest BCUT2D eigenvalue weighted by atomic mass is 32.1. The summed E-state index contributed by atoms with van der Waals surface area (Å²) in [6.07, 6.45) is 3.48. The Bertz CT molecular complexity index is 1470. The molecule has 1 aliphatic carbocycles. The van der Waals surface area contributed by atoms with Crippen molar-refractivity contribution in [1.29, 1.82) is 0 Å². The molecule has 1 saturated carbocycles. The standard InChI is InChI=1S/C30H30F3N3O4S/c1-2-39-27(37)15-19-6-8-21(9-7-19)22-10-12-23(13-11-22)26-18-36-17-25(35-29(36)41-26)28(38)34-16-20-4-3-5-24(14-20)40-30(31,32)33/h3-5,10-14,17-19,21H,2,6-9,15-16H2,1H3,(H,34,38)/t19-,21-. The minimum Gasteiger partial charge on any atom is -0.466 e. The van der Waals surface area contributed by atoms with Gasteiger partial charge in [0.15, 0.2) is 4.96 Å². The van der Waals surface area contributed by atoms with Gasteiger partial charge in [0.1, 0.15) is 11.4 Å². The minimum absolute atomic E-state index is 0.0315. The van der Waals surface area contributed by atoms with E-state index in [0.717, 1.165) is 36.1 Å². The summed E-state index contributed by atoms with van der Waals surface area (Å²) >= 11 is 1.47. The van der Waals surface area contributed by atoms with E-state index in [2.05, 4.69) is 39.3 Å². The lowest BCUT2D eigenvalue weighted by molar-refractivity contribution is -0.274. The minimum atomic E-state index is -4.78. The largest absolute Gasteiger partial charge is 0.573 e. The fraction of sp³-hybridized carbons (Fsp3) is 0.367. The van der Waals surface area contributed by atoms with E-state index in [-0.39, 0.29) is 24.0 Å². The van der Waals surface area contributed by atoms with Gasteiger partial charge in [-0.15, -0.1) is 13.2 Å². The van der Waals surface area contributed by atoms with Crippen molar-refractivity contribution in [1.82, 2.24) is 14.7 Å². The third-order valence-corrected chi connectivity index (χ3v) is 8.29. The van der Waals surface area contributed by atoms with Crippen LogP contribution in [0.15, 0.2) is 60.9 Å². The molecule has 2 heterocycles. The molecular formula is C30H30F3N3O4S. The van der Waals surface area contributed by atoms with Crippen LogP contribution in [0.4, 0.5) is 13.2 Å². The van der Waals surface area contributed by atoms with Gasteiger partial charge in [-0.05, 0) is 73.3 Å². The maximum atomic E-state index is 12.6. The molecule has 41 heavy (non-hydrogen) atoms. The average molecular weight is 586 g/mol. The second-order valence-corrected chi connectivity index (χ2v) is 11.1. The molecule has 1 fully saturated rings. The molecule has 7 nitrogen and oxygen atoms in total. The van der Waals surface area contributed by atoms with Gasteiger partial charge >= 0.3 is 12.3 Å². The highest BCUT2D eigenvalue weighted by Crippen LogP contribution is 2.38. The lowest BCUT2D eigenvalue weighted by Gasteiger charge is -2.28. The lowest BCUT2D eigenvalue weighted by atomic mass is 9.77.